The van der Waals surface area contributed by atoms with Crippen molar-refractivity contribution in [3.8, 4) is 27.9 Å². The van der Waals surface area contributed by atoms with Crippen LogP contribution in [0.25, 0.3) is 16.4 Å². The maximum atomic E-state index is 12.5. The number of aromatic nitrogens is 3. The number of methoxy groups -OCH3 is 1. The van der Waals surface area contributed by atoms with Gasteiger partial charge in [0.25, 0.3) is 5.91 Å². The van der Waals surface area contributed by atoms with E-state index in [0.717, 1.165) is 22.2 Å². The van der Waals surface area contributed by atoms with Crippen molar-refractivity contribution in [1.82, 2.24) is 14.5 Å². The maximum absolute atomic E-state index is 12.5. The summed E-state index contributed by atoms with van der Waals surface area (Å²) >= 11 is 1.49. The minimum atomic E-state index is -0.303. The van der Waals surface area contributed by atoms with E-state index in [1.807, 2.05) is 41.1 Å². The Kier molecular flexibility index (Phi) is 5.99. The topological polar surface area (TPSA) is 78.3 Å². The highest BCUT2D eigenvalue weighted by atomic mass is 32.1. The molecule has 1 N–H and O–H groups in total. The molecule has 0 aliphatic heterocycles. The van der Waals surface area contributed by atoms with Gasteiger partial charge in [-0.05, 0) is 26.0 Å². The highest BCUT2D eigenvalue weighted by Gasteiger charge is 2.16. The molecule has 0 radical (unpaired) electrons. The van der Waals surface area contributed by atoms with Crippen molar-refractivity contribution < 1.29 is 14.3 Å². The Morgan fingerprint density at radius 2 is 1.84 bits per heavy atom. The van der Waals surface area contributed by atoms with Gasteiger partial charge in [-0.25, -0.2) is 9.97 Å². The van der Waals surface area contributed by atoms with E-state index in [4.69, 9.17) is 14.5 Å². The van der Waals surface area contributed by atoms with Crippen LogP contribution in [0.15, 0.2) is 60.1 Å². The van der Waals surface area contributed by atoms with Crippen LogP contribution in [0.2, 0.25) is 0 Å². The van der Waals surface area contributed by atoms with Gasteiger partial charge in [0, 0.05) is 10.9 Å². The molecule has 4 aromatic rings. The normalized spacial score (nSPS) is 10.7. The minimum absolute atomic E-state index is 0.156. The summed E-state index contributed by atoms with van der Waals surface area (Å²) in [5.41, 5.74) is 3.12. The summed E-state index contributed by atoms with van der Waals surface area (Å²) in [6.45, 7) is 3.77. The maximum Gasteiger partial charge on any atom is 0.263 e. The number of thiazole rings is 1. The van der Waals surface area contributed by atoms with Gasteiger partial charge in [0.2, 0.25) is 0 Å². The molecule has 1 amide bonds. The Labute approximate surface area is 184 Å². The van der Waals surface area contributed by atoms with Crippen LogP contribution in [0.4, 0.5) is 5.82 Å². The largest absolute Gasteiger partial charge is 0.493 e. The summed E-state index contributed by atoms with van der Waals surface area (Å²) < 4.78 is 12.7. The molecule has 4 rings (SSSR count). The molecule has 2 aromatic heterocycles. The number of carbonyl (C=O) groups is 1. The summed E-state index contributed by atoms with van der Waals surface area (Å²) in [5.74, 6) is 2.04. The van der Waals surface area contributed by atoms with Crippen molar-refractivity contribution in [1.29, 1.82) is 0 Å². The number of nitrogens with one attached hydrogen (secondary N) is 1. The molecule has 0 saturated heterocycles. The molecule has 2 aromatic carbocycles. The molecule has 0 unspecified atom stereocenters. The van der Waals surface area contributed by atoms with Gasteiger partial charge >= 0.3 is 0 Å². The Morgan fingerprint density at radius 3 is 2.58 bits per heavy atom. The van der Waals surface area contributed by atoms with Crippen LogP contribution in [-0.2, 0) is 4.79 Å². The van der Waals surface area contributed by atoms with E-state index >= 15 is 0 Å². The SMILES string of the molecule is COc1ccccc1OCC(=O)Nc1cnc(C)n1-c1nc(-c2ccc(C)cc2)cs1. The number of para-hydroxylation sites is 2. The minimum Gasteiger partial charge on any atom is -0.493 e. The van der Waals surface area contributed by atoms with E-state index in [1.165, 1.54) is 16.9 Å². The molecule has 0 bridgehead atoms. The molecule has 0 aliphatic rings. The quantitative estimate of drug-likeness (QED) is 0.459. The lowest BCUT2D eigenvalue weighted by atomic mass is 10.1. The Hall–Kier alpha value is -3.65. The second-order valence-electron chi connectivity index (χ2n) is 6.90. The molecule has 31 heavy (non-hydrogen) atoms. The van der Waals surface area contributed by atoms with E-state index in [1.54, 1.807) is 25.4 Å². The van der Waals surface area contributed by atoms with Crippen molar-refractivity contribution >= 4 is 23.1 Å². The number of nitrogens with zero attached hydrogens (tertiary/aromatic N) is 3. The lowest BCUT2D eigenvalue weighted by molar-refractivity contribution is -0.118. The fourth-order valence-electron chi connectivity index (χ4n) is 3.06. The van der Waals surface area contributed by atoms with E-state index in [2.05, 4.69) is 29.4 Å². The van der Waals surface area contributed by atoms with E-state index in [9.17, 15) is 4.79 Å². The van der Waals surface area contributed by atoms with Crippen molar-refractivity contribution in [2.75, 3.05) is 19.0 Å². The molecule has 7 nitrogen and oxygen atoms in total. The van der Waals surface area contributed by atoms with Gasteiger partial charge in [-0.1, -0.05) is 42.0 Å². The molecule has 0 saturated carbocycles. The third-order valence-corrected chi connectivity index (χ3v) is 5.49. The lowest BCUT2D eigenvalue weighted by Gasteiger charge is -2.11. The summed E-state index contributed by atoms with van der Waals surface area (Å²) in [7, 11) is 1.56. The number of imidazole rings is 1. The van der Waals surface area contributed by atoms with Crippen molar-refractivity contribution in [3.05, 3.63) is 71.5 Å². The van der Waals surface area contributed by atoms with E-state index in [0.29, 0.717) is 17.3 Å². The van der Waals surface area contributed by atoms with Crippen molar-refractivity contribution in [2.45, 2.75) is 13.8 Å². The van der Waals surface area contributed by atoms with Gasteiger partial charge in [-0.2, -0.15) is 0 Å². The number of aryl methyl sites for hydroxylation is 2. The molecule has 158 valence electrons. The Bertz CT molecular complexity index is 1200. The number of hydrogen-bond donors (Lipinski definition) is 1. The van der Waals surface area contributed by atoms with Crippen LogP contribution in [0, 0.1) is 13.8 Å². The summed E-state index contributed by atoms with van der Waals surface area (Å²) in [5, 5.41) is 5.58. The first-order valence-electron chi connectivity index (χ1n) is 9.68. The molecule has 0 atom stereocenters. The third kappa shape index (κ3) is 4.59. The zero-order valence-electron chi connectivity index (χ0n) is 17.5. The fourth-order valence-corrected chi connectivity index (χ4v) is 3.95. The molecular formula is C23H22N4O3S. The first-order valence-corrected chi connectivity index (χ1v) is 10.6. The van der Waals surface area contributed by atoms with Crippen LogP contribution in [0.5, 0.6) is 11.5 Å². The summed E-state index contributed by atoms with van der Waals surface area (Å²) in [6, 6.07) is 15.4. The lowest BCUT2D eigenvalue weighted by Crippen LogP contribution is -2.22. The monoisotopic (exact) mass is 434 g/mol. The van der Waals surface area contributed by atoms with Gasteiger partial charge in [-0.15, -0.1) is 11.3 Å². The van der Waals surface area contributed by atoms with Gasteiger partial charge in [-0.3, -0.25) is 9.36 Å². The smallest absolute Gasteiger partial charge is 0.263 e. The highest BCUT2D eigenvalue weighted by Crippen LogP contribution is 2.28. The Balaban J connectivity index is 1.49. The van der Waals surface area contributed by atoms with Crippen LogP contribution >= 0.6 is 11.3 Å². The van der Waals surface area contributed by atoms with Gasteiger partial charge < -0.3 is 14.8 Å². The van der Waals surface area contributed by atoms with Crippen molar-refractivity contribution in [2.24, 2.45) is 0 Å². The summed E-state index contributed by atoms with van der Waals surface area (Å²) in [6.07, 6.45) is 1.61. The zero-order chi connectivity index (χ0) is 21.8. The first kappa shape index (κ1) is 20.6. The highest BCUT2D eigenvalue weighted by molar-refractivity contribution is 7.12. The number of anilines is 1. The van der Waals surface area contributed by atoms with Crippen LogP contribution in [-0.4, -0.2) is 34.2 Å². The Morgan fingerprint density at radius 1 is 1.10 bits per heavy atom. The van der Waals surface area contributed by atoms with Gasteiger partial charge in [0.15, 0.2) is 23.2 Å². The molecular weight excluding hydrogens is 412 g/mol. The van der Waals surface area contributed by atoms with E-state index in [-0.39, 0.29) is 12.5 Å². The predicted octanol–water partition coefficient (Wildman–Crippen LogP) is 4.64. The molecule has 0 spiro atoms. The van der Waals surface area contributed by atoms with Crippen LogP contribution in [0.1, 0.15) is 11.4 Å². The zero-order valence-corrected chi connectivity index (χ0v) is 18.3. The van der Waals surface area contributed by atoms with Crippen LogP contribution in [0.3, 0.4) is 0 Å². The standard InChI is InChI=1S/C23H22N4O3S/c1-15-8-10-17(11-9-15)18-14-31-23(25-18)27-16(2)24-12-21(27)26-22(28)13-30-20-7-5-4-6-19(20)29-3/h4-12,14H,13H2,1-3H3,(H,26,28). The number of amides is 1. The number of carbonyl (C=O) groups excluding carboxylic acids is 1. The second kappa shape index (κ2) is 9.01. The predicted molar refractivity (Wildman–Crippen MR) is 121 cm³/mol. The first-order chi connectivity index (χ1) is 15.0. The average Bonchev–Trinajstić information content (AvgIpc) is 3.39. The average molecular weight is 435 g/mol. The molecule has 0 fully saturated rings. The van der Waals surface area contributed by atoms with Gasteiger partial charge in [0.1, 0.15) is 11.6 Å². The summed E-state index contributed by atoms with van der Waals surface area (Å²) in [4.78, 5) is 21.6. The van der Waals surface area contributed by atoms with Gasteiger partial charge in [0.05, 0.1) is 19.0 Å². The number of benzene rings is 2. The molecule has 8 heteroatoms. The third-order valence-electron chi connectivity index (χ3n) is 4.66. The second-order valence-corrected chi connectivity index (χ2v) is 7.73. The van der Waals surface area contributed by atoms with Crippen LogP contribution < -0.4 is 14.8 Å². The van der Waals surface area contributed by atoms with Crippen molar-refractivity contribution in [3.63, 3.8) is 0 Å². The number of hydrogen-bond acceptors (Lipinski definition) is 6. The molecule has 2 heterocycles. The molecule has 0 aliphatic carbocycles. The fraction of sp³-hybridized carbons (Fsp3) is 0.174. The number of rotatable bonds is 7. The van der Waals surface area contributed by atoms with E-state index < -0.39 is 0 Å². The number of ether oxygens (including phenoxy) is 2.